The summed E-state index contributed by atoms with van der Waals surface area (Å²) in [7, 11) is 0. The van der Waals surface area contributed by atoms with Crippen molar-refractivity contribution in [2.24, 2.45) is 0 Å². The molecule has 1 saturated heterocycles. The summed E-state index contributed by atoms with van der Waals surface area (Å²) in [5, 5.41) is 2.86. The summed E-state index contributed by atoms with van der Waals surface area (Å²) in [4.78, 5) is 38.1. The van der Waals surface area contributed by atoms with Crippen LogP contribution in [0, 0.1) is 0 Å². The second-order valence-corrected chi connectivity index (χ2v) is 6.39. The molecule has 2 aromatic rings. The predicted molar refractivity (Wildman–Crippen MR) is 103 cm³/mol. The fraction of sp³-hybridized carbons (Fsp3) is 0.105. The van der Waals surface area contributed by atoms with Gasteiger partial charge in [0.25, 0.3) is 11.8 Å². The first-order valence-electron chi connectivity index (χ1n) is 8.00. The largest absolute Gasteiger partial charge is 0.494 e. The number of rotatable bonds is 4. The van der Waals surface area contributed by atoms with Gasteiger partial charge < -0.3 is 4.74 Å². The lowest BCUT2D eigenvalue weighted by Gasteiger charge is -2.26. The average Bonchev–Trinajstić information content (AvgIpc) is 2.61. The van der Waals surface area contributed by atoms with E-state index >= 15 is 0 Å². The Morgan fingerprint density at radius 1 is 1.07 bits per heavy atom. The molecular weight excluding hydrogens is 391 g/mol. The van der Waals surface area contributed by atoms with Crippen LogP contribution in [-0.4, -0.2) is 24.5 Å². The van der Waals surface area contributed by atoms with Crippen LogP contribution in [0.25, 0.3) is 6.08 Å². The highest BCUT2D eigenvalue weighted by Gasteiger charge is 2.36. The van der Waals surface area contributed by atoms with Crippen molar-refractivity contribution < 1.29 is 19.1 Å². The number of anilines is 1. The van der Waals surface area contributed by atoms with Crippen molar-refractivity contribution in [2.75, 3.05) is 11.5 Å². The number of ether oxygens (including phenoxy) is 1. The normalized spacial score (nSPS) is 15.9. The molecule has 0 spiro atoms. The lowest BCUT2D eigenvalue weighted by Crippen LogP contribution is -2.54. The van der Waals surface area contributed by atoms with Gasteiger partial charge in [-0.1, -0.05) is 29.3 Å². The molecule has 0 atom stereocenters. The topological polar surface area (TPSA) is 75.7 Å². The van der Waals surface area contributed by atoms with Crippen LogP contribution in [0.15, 0.2) is 48.0 Å². The van der Waals surface area contributed by atoms with Crippen molar-refractivity contribution in [3.63, 3.8) is 0 Å². The summed E-state index contributed by atoms with van der Waals surface area (Å²) >= 11 is 12.0. The van der Waals surface area contributed by atoms with Gasteiger partial charge in [-0.05, 0) is 55.0 Å². The number of carbonyl (C=O) groups excluding carboxylic acids is 3. The van der Waals surface area contributed by atoms with Crippen molar-refractivity contribution in [1.29, 1.82) is 0 Å². The Bertz CT molecular complexity index is 955. The molecule has 3 rings (SSSR count). The van der Waals surface area contributed by atoms with Gasteiger partial charge in [0.15, 0.2) is 0 Å². The summed E-state index contributed by atoms with van der Waals surface area (Å²) in [5.74, 6) is -0.942. The summed E-state index contributed by atoms with van der Waals surface area (Å²) in [5.41, 5.74) is 0.523. The van der Waals surface area contributed by atoms with Gasteiger partial charge in [0.05, 0.1) is 12.3 Å². The van der Waals surface area contributed by atoms with E-state index < -0.39 is 17.8 Å². The van der Waals surface area contributed by atoms with Crippen LogP contribution >= 0.6 is 23.2 Å². The van der Waals surface area contributed by atoms with Gasteiger partial charge in [0.2, 0.25) is 0 Å². The third-order valence-electron chi connectivity index (χ3n) is 3.77. The Morgan fingerprint density at radius 2 is 1.78 bits per heavy atom. The minimum Gasteiger partial charge on any atom is -0.494 e. The molecule has 0 unspecified atom stereocenters. The molecule has 1 aliphatic rings. The van der Waals surface area contributed by atoms with Gasteiger partial charge in [-0.15, -0.1) is 0 Å². The molecule has 0 radical (unpaired) electrons. The first-order chi connectivity index (χ1) is 12.9. The molecule has 1 heterocycles. The molecule has 27 heavy (non-hydrogen) atoms. The van der Waals surface area contributed by atoms with E-state index in [0.29, 0.717) is 28.6 Å². The van der Waals surface area contributed by atoms with E-state index in [1.54, 1.807) is 36.4 Å². The number of halogens is 2. The molecule has 0 aromatic heterocycles. The highest BCUT2D eigenvalue weighted by atomic mass is 35.5. The second-order valence-electron chi connectivity index (χ2n) is 5.55. The van der Waals surface area contributed by atoms with Crippen LogP contribution in [0.3, 0.4) is 0 Å². The molecule has 0 bridgehead atoms. The highest BCUT2D eigenvalue weighted by molar-refractivity contribution is 6.40. The SMILES string of the molecule is CCOc1ccc(N2C(=O)NC(=O)C(=Cc3ccc(Cl)cc3Cl)C2=O)cc1. The van der Waals surface area contributed by atoms with E-state index in [1.807, 2.05) is 6.92 Å². The zero-order valence-corrected chi connectivity index (χ0v) is 15.7. The Morgan fingerprint density at radius 3 is 2.41 bits per heavy atom. The molecule has 6 nitrogen and oxygen atoms in total. The van der Waals surface area contributed by atoms with Crippen LogP contribution < -0.4 is 15.0 Å². The van der Waals surface area contributed by atoms with Crippen molar-refractivity contribution in [3.05, 3.63) is 63.6 Å². The fourth-order valence-corrected chi connectivity index (χ4v) is 2.99. The number of urea groups is 1. The number of hydrogen-bond acceptors (Lipinski definition) is 4. The minimum atomic E-state index is -0.825. The van der Waals surface area contributed by atoms with Gasteiger partial charge in [0.1, 0.15) is 11.3 Å². The molecule has 2 aromatic carbocycles. The van der Waals surface area contributed by atoms with Gasteiger partial charge in [-0.3, -0.25) is 14.9 Å². The lowest BCUT2D eigenvalue weighted by molar-refractivity contribution is -0.122. The van der Waals surface area contributed by atoms with Gasteiger partial charge in [-0.2, -0.15) is 0 Å². The van der Waals surface area contributed by atoms with Crippen LogP contribution in [0.4, 0.5) is 10.5 Å². The number of hydrogen-bond donors (Lipinski definition) is 1. The van der Waals surface area contributed by atoms with Gasteiger partial charge in [-0.25, -0.2) is 9.69 Å². The quantitative estimate of drug-likeness (QED) is 0.615. The number of barbiturate groups is 1. The number of nitrogens with one attached hydrogen (secondary N) is 1. The van der Waals surface area contributed by atoms with Crippen molar-refractivity contribution >= 4 is 52.8 Å². The van der Waals surface area contributed by atoms with Gasteiger partial charge >= 0.3 is 6.03 Å². The maximum absolute atomic E-state index is 12.8. The first kappa shape index (κ1) is 18.9. The molecule has 4 amide bonds. The highest BCUT2D eigenvalue weighted by Crippen LogP contribution is 2.27. The Kier molecular flexibility index (Phi) is 5.48. The molecule has 0 aliphatic carbocycles. The summed E-state index contributed by atoms with van der Waals surface area (Å²) < 4.78 is 5.35. The van der Waals surface area contributed by atoms with Crippen LogP contribution in [0.2, 0.25) is 10.0 Å². The van der Waals surface area contributed by atoms with Crippen molar-refractivity contribution in [2.45, 2.75) is 6.92 Å². The number of benzene rings is 2. The monoisotopic (exact) mass is 404 g/mol. The third kappa shape index (κ3) is 3.97. The van der Waals surface area contributed by atoms with Crippen molar-refractivity contribution in [1.82, 2.24) is 5.32 Å². The van der Waals surface area contributed by atoms with E-state index in [2.05, 4.69) is 5.32 Å². The zero-order valence-electron chi connectivity index (χ0n) is 14.2. The molecule has 138 valence electrons. The third-order valence-corrected chi connectivity index (χ3v) is 4.33. The summed E-state index contributed by atoms with van der Waals surface area (Å²) in [6, 6.07) is 10.2. The predicted octanol–water partition coefficient (Wildman–Crippen LogP) is 4.06. The Hall–Kier alpha value is -2.83. The van der Waals surface area contributed by atoms with Crippen molar-refractivity contribution in [3.8, 4) is 5.75 Å². The Balaban J connectivity index is 1.97. The van der Waals surface area contributed by atoms with Crippen LogP contribution in [0.1, 0.15) is 12.5 Å². The van der Waals surface area contributed by atoms with E-state index in [0.717, 1.165) is 4.90 Å². The van der Waals surface area contributed by atoms with E-state index in [4.69, 9.17) is 27.9 Å². The number of nitrogens with zero attached hydrogens (tertiary/aromatic N) is 1. The molecule has 1 aliphatic heterocycles. The summed E-state index contributed by atoms with van der Waals surface area (Å²) in [6.07, 6.45) is 1.32. The smallest absolute Gasteiger partial charge is 0.335 e. The minimum absolute atomic E-state index is 0.215. The second kappa shape index (κ2) is 7.82. The maximum atomic E-state index is 12.8. The lowest BCUT2D eigenvalue weighted by atomic mass is 10.1. The molecular formula is C19H14Cl2N2O4. The van der Waals surface area contributed by atoms with Gasteiger partial charge in [0, 0.05) is 10.0 Å². The van der Waals surface area contributed by atoms with Crippen LogP contribution in [0.5, 0.6) is 5.75 Å². The number of imide groups is 2. The number of carbonyl (C=O) groups is 3. The average molecular weight is 405 g/mol. The first-order valence-corrected chi connectivity index (χ1v) is 8.75. The molecule has 1 N–H and O–H groups in total. The van der Waals surface area contributed by atoms with E-state index in [1.165, 1.54) is 12.1 Å². The molecule has 1 fully saturated rings. The molecule has 8 heteroatoms. The zero-order chi connectivity index (χ0) is 19.6. The van der Waals surface area contributed by atoms with E-state index in [-0.39, 0.29) is 10.6 Å². The van der Waals surface area contributed by atoms with Crippen LogP contribution in [-0.2, 0) is 9.59 Å². The Labute approximate surface area is 165 Å². The summed E-state index contributed by atoms with van der Waals surface area (Å²) in [6.45, 7) is 2.34. The fourth-order valence-electron chi connectivity index (χ4n) is 2.52. The maximum Gasteiger partial charge on any atom is 0.335 e. The number of amides is 4. The molecule has 0 saturated carbocycles. The standard InChI is InChI=1S/C19H14Cl2N2O4/c1-2-27-14-7-5-13(6-8-14)23-18(25)15(17(24)22-19(23)26)9-11-3-4-12(20)10-16(11)21/h3-10H,2H2,1H3,(H,22,24,26). The van der Waals surface area contributed by atoms with E-state index in [9.17, 15) is 14.4 Å².